The average Bonchev–Trinajstić information content (AvgIpc) is 3.45. The number of hydrogen-bond donors (Lipinski definition) is 1. The summed E-state index contributed by atoms with van der Waals surface area (Å²) in [6.07, 6.45) is 1.43. The summed E-state index contributed by atoms with van der Waals surface area (Å²) < 4.78 is 10.9. The topological polar surface area (TPSA) is 88.8 Å². The zero-order valence-electron chi connectivity index (χ0n) is 16.9. The van der Waals surface area contributed by atoms with Crippen LogP contribution in [0.15, 0.2) is 58.5 Å². The Labute approximate surface area is 177 Å². The summed E-state index contributed by atoms with van der Waals surface area (Å²) in [7, 11) is 0. The van der Waals surface area contributed by atoms with E-state index in [0.717, 1.165) is 22.3 Å². The molecule has 2 amide bonds. The van der Waals surface area contributed by atoms with E-state index in [-0.39, 0.29) is 18.1 Å². The number of aryl methyl sites for hydroxylation is 2. The molecule has 7 nitrogen and oxygen atoms in total. The highest BCUT2D eigenvalue weighted by Gasteiger charge is 2.35. The number of nitrogens with one attached hydrogen (secondary N) is 1. The molecule has 2 aromatic carbocycles. The minimum atomic E-state index is -0.491. The molecule has 154 valence electrons. The van der Waals surface area contributed by atoms with Gasteiger partial charge in [-0.2, -0.15) is 0 Å². The van der Waals surface area contributed by atoms with Crippen LogP contribution in [0, 0.1) is 13.8 Å². The van der Waals surface area contributed by atoms with Crippen molar-refractivity contribution in [2.75, 3.05) is 5.01 Å². The average molecular weight is 414 g/mol. The third-order valence-electron chi connectivity index (χ3n) is 5.52. The van der Waals surface area contributed by atoms with Gasteiger partial charge in [0.25, 0.3) is 11.8 Å². The second-order valence-corrected chi connectivity index (χ2v) is 7.56. The van der Waals surface area contributed by atoms with E-state index in [0.29, 0.717) is 22.8 Å². The Morgan fingerprint density at radius 1 is 0.968 bits per heavy atom. The van der Waals surface area contributed by atoms with E-state index in [1.54, 1.807) is 30.3 Å². The summed E-state index contributed by atoms with van der Waals surface area (Å²) in [6, 6.07) is 14.3. The lowest BCUT2D eigenvalue weighted by atomic mass is 10.0. The Morgan fingerprint density at radius 3 is 2.61 bits per heavy atom. The molecule has 5 rings (SSSR count). The van der Waals surface area contributed by atoms with Crippen LogP contribution in [0.3, 0.4) is 0 Å². The van der Waals surface area contributed by atoms with Crippen LogP contribution in [0.5, 0.6) is 0 Å². The molecule has 0 unspecified atom stereocenters. The van der Waals surface area contributed by atoms with Crippen molar-refractivity contribution in [3.63, 3.8) is 0 Å². The number of carbonyl (C=O) groups excluding carboxylic acids is 3. The van der Waals surface area contributed by atoms with Crippen molar-refractivity contribution in [1.82, 2.24) is 5.43 Å². The molecule has 3 aromatic rings. The number of benzene rings is 2. The molecule has 1 aromatic heterocycles. The molecular formula is C24H18N2O5. The molecule has 0 aliphatic carbocycles. The number of nitrogens with zero attached hydrogens (tertiary/aromatic N) is 1. The molecule has 3 heterocycles. The largest absolute Gasteiger partial charge is 0.457 e. The second kappa shape index (κ2) is 6.98. The van der Waals surface area contributed by atoms with Crippen LogP contribution in [0.2, 0.25) is 0 Å². The van der Waals surface area contributed by atoms with Crippen LogP contribution in [0.4, 0.5) is 5.69 Å². The van der Waals surface area contributed by atoms with Gasteiger partial charge in [-0.05, 0) is 67.4 Å². The number of amides is 2. The highest BCUT2D eigenvalue weighted by molar-refractivity contribution is 6.31. The lowest BCUT2D eigenvalue weighted by molar-refractivity contribution is -0.117. The summed E-state index contributed by atoms with van der Waals surface area (Å²) in [6.45, 7) is 4.17. The number of furan rings is 1. The Morgan fingerprint density at radius 2 is 1.81 bits per heavy atom. The zero-order valence-corrected chi connectivity index (χ0v) is 16.9. The fraction of sp³-hybridized carbons (Fsp3) is 0.125. The predicted molar refractivity (Wildman–Crippen MR) is 113 cm³/mol. The maximum Gasteiger partial charge on any atom is 0.338 e. The first-order chi connectivity index (χ1) is 14.9. The molecule has 31 heavy (non-hydrogen) atoms. The number of esters is 1. The van der Waals surface area contributed by atoms with Crippen LogP contribution in [0.1, 0.15) is 32.8 Å². The monoisotopic (exact) mass is 414 g/mol. The van der Waals surface area contributed by atoms with Crippen molar-refractivity contribution in [1.29, 1.82) is 0 Å². The lowest BCUT2D eigenvalue weighted by Gasteiger charge is -2.15. The second-order valence-electron chi connectivity index (χ2n) is 7.56. The number of rotatable bonds is 3. The standard InChI is InChI=1S/C24H18N2O5/c1-13-3-5-17(9-14(13)2)26-23(28)20(22(27)25-26)11-18-6-8-21(31-18)15-4-7-19-16(10-15)12-30-24(19)29/h3-11H,12H2,1-2H3,(H,25,27)/b20-11-. The maximum absolute atomic E-state index is 12.8. The third-order valence-corrected chi connectivity index (χ3v) is 5.52. The van der Waals surface area contributed by atoms with E-state index in [1.807, 2.05) is 32.0 Å². The van der Waals surface area contributed by atoms with Crippen molar-refractivity contribution in [3.05, 3.63) is 82.1 Å². The first-order valence-electron chi connectivity index (χ1n) is 9.75. The van der Waals surface area contributed by atoms with Gasteiger partial charge in [0, 0.05) is 11.1 Å². The minimum Gasteiger partial charge on any atom is -0.457 e. The zero-order chi connectivity index (χ0) is 21.7. The van der Waals surface area contributed by atoms with Crippen LogP contribution in [0.25, 0.3) is 17.4 Å². The highest BCUT2D eigenvalue weighted by Crippen LogP contribution is 2.30. The van der Waals surface area contributed by atoms with Crippen molar-refractivity contribution < 1.29 is 23.5 Å². The molecule has 1 fully saturated rings. The van der Waals surface area contributed by atoms with Gasteiger partial charge in [0.2, 0.25) is 0 Å². The van der Waals surface area contributed by atoms with E-state index in [2.05, 4.69) is 5.43 Å². The van der Waals surface area contributed by atoms with Crippen LogP contribution in [-0.2, 0) is 20.9 Å². The number of hydrogen-bond acceptors (Lipinski definition) is 5. The molecular weight excluding hydrogens is 396 g/mol. The van der Waals surface area contributed by atoms with Gasteiger partial charge < -0.3 is 9.15 Å². The summed E-state index contributed by atoms with van der Waals surface area (Å²) in [5.74, 6) is -0.326. The molecule has 0 radical (unpaired) electrons. The van der Waals surface area contributed by atoms with E-state index >= 15 is 0 Å². The normalized spacial score (nSPS) is 16.6. The van der Waals surface area contributed by atoms with Crippen LogP contribution < -0.4 is 10.4 Å². The molecule has 2 aliphatic heterocycles. The van der Waals surface area contributed by atoms with Gasteiger partial charge >= 0.3 is 5.97 Å². The highest BCUT2D eigenvalue weighted by atomic mass is 16.5. The number of carbonyl (C=O) groups is 3. The quantitative estimate of drug-likeness (QED) is 0.401. The number of fused-ring (bicyclic) bond motifs is 1. The van der Waals surface area contributed by atoms with E-state index < -0.39 is 11.8 Å². The van der Waals surface area contributed by atoms with Gasteiger partial charge in [0.15, 0.2) is 0 Å². The number of ether oxygens (including phenoxy) is 1. The SMILES string of the molecule is Cc1ccc(N2NC(=O)/C(=C/c3ccc(-c4ccc5c(c4)COC5=O)o3)C2=O)cc1C. The molecule has 7 heteroatoms. The van der Waals surface area contributed by atoms with Gasteiger partial charge in [0.1, 0.15) is 23.7 Å². The Kier molecular flexibility index (Phi) is 4.25. The smallest absolute Gasteiger partial charge is 0.338 e. The fourth-order valence-electron chi connectivity index (χ4n) is 3.62. The van der Waals surface area contributed by atoms with Crippen molar-refractivity contribution >= 4 is 29.5 Å². The fourth-order valence-corrected chi connectivity index (χ4v) is 3.62. The first-order valence-corrected chi connectivity index (χ1v) is 9.75. The van der Waals surface area contributed by atoms with Gasteiger partial charge in [-0.3, -0.25) is 15.0 Å². The summed E-state index contributed by atoms with van der Waals surface area (Å²) >= 11 is 0. The van der Waals surface area contributed by atoms with E-state index in [9.17, 15) is 14.4 Å². The van der Waals surface area contributed by atoms with Gasteiger partial charge in [-0.1, -0.05) is 12.1 Å². The van der Waals surface area contributed by atoms with Crippen LogP contribution >= 0.6 is 0 Å². The first kappa shape index (κ1) is 18.9. The summed E-state index contributed by atoms with van der Waals surface area (Å²) in [5.41, 5.74) is 7.44. The van der Waals surface area contributed by atoms with Crippen molar-refractivity contribution in [2.45, 2.75) is 20.5 Å². The molecule has 1 N–H and O–H groups in total. The van der Waals surface area contributed by atoms with Crippen LogP contribution in [-0.4, -0.2) is 17.8 Å². The number of anilines is 1. The maximum atomic E-state index is 12.8. The molecule has 0 atom stereocenters. The lowest BCUT2D eigenvalue weighted by Crippen LogP contribution is -2.35. The van der Waals surface area contributed by atoms with Gasteiger partial charge in [0.05, 0.1) is 11.3 Å². The van der Waals surface area contributed by atoms with E-state index in [1.165, 1.54) is 11.1 Å². The minimum absolute atomic E-state index is 0.00734. The number of cyclic esters (lactones) is 1. The van der Waals surface area contributed by atoms with Gasteiger partial charge in [-0.15, -0.1) is 0 Å². The van der Waals surface area contributed by atoms with Gasteiger partial charge in [-0.25, -0.2) is 9.80 Å². The summed E-state index contributed by atoms with van der Waals surface area (Å²) in [5, 5.41) is 1.24. The summed E-state index contributed by atoms with van der Waals surface area (Å²) in [4.78, 5) is 36.9. The molecule has 0 spiro atoms. The Bertz CT molecular complexity index is 1300. The van der Waals surface area contributed by atoms with Crippen molar-refractivity contribution in [3.8, 4) is 11.3 Å². The van der Waals surface area contributed by atoms with Crippen molar-refractivity contribution in [2.24, 2.45) is 0 Å². The third kappa shape index (κ3) is 3.20. The Balaban J connectivity index is 1.42. The molecule has 0 saturated carbocycles. The Hall–Kier alpha value is -4.13. The van der Waals surface area contributed by atoms with E-state index in [4.69, 9.17) is 9.15 Å². The molecule has 1 saturated heterocycles. The predicted octanol–water partition coefficient (Wildman–Crippen LogP) is 3.70. The number of hydrazine groups is 1. The molecule has 0 bridgehead atoms. The molecule has 2 aliphatic rings.